The van der Waals surface area contributed by atoms with Crippen molar-refractivity contribution in [3.05, 3.63) is 20.8 Å². The first-order valence-electron chi connectivity index (χ1n) is 9.74. The maximum absolute atomic E-state index is 13.0. The Labute approximate surface area is 169 Å². The molecule has 2 atom stereocenters. The van der Waals surface area contributed by atoms with Crippen LogP contribution >= 0.6 is 23.1 Å². The molecule has 2 aromatic heterocycles. The van der Waals surface area contributed by atoms with E-state index >= 15 is 0 Å². The zero-order valence-electron chi connectivity index (χ0n) is 16.8. The number of hydrogen-bond donors (Lipinski definition) is 1. The van der Waals surface area contributed by atoms with Crippen LogP contribution in [0, 0.1) is 19.8 Å². The summed E-state index contributed by atoms with van der Waals surface area (Å²) in [4.78, 5) is 32.2. The lowest BCUT2D eigenvalue weighted by Crippen LogP contribution is -2.42. The molecule has 1 saturated carbocycles. The highest BCUT2D eigenvalue weighted by atomic mass is 32.2. The van der Waals surface area contributed by atoms with Gasteiger partial charge < -0.3 is 5.32 Å². The summed E-state index contributed by atoms with van der Waals surface area (Å²) < 4.78 is 1.72. The Morgan fingerprint density at radius 3 is 2.70 bits per heavy atom. The molecule has 0 spiro atoms. The van der Waals surface area contributed by atoms with E-state index in [2.05, 4.69) is 12.2 Å². The maximum Gasteiger partial charge on any atom is 0.263 e. The van der Waals surface area contributed by atoms with E-state index in [4.69, 9.17) is 4.98 Å². The first kappa shape index (κ1) is 20.4. The van der Waals surface area contributed by atoms with E-state index in [9.17, 15) is 9.59 Å². The average Bonchev–Trinajstić information content (AvgIpc) is 2.89. The monoisotopic (exact) mass is 407 g/mol. The largest absolute Gasteiger partial charge is 0.352 e. The van der Waals surface area contributed by atoms with Crippen LogP contribution in [0.3, 0.4) is 0 Å². The SMILES string of the molecule is Cc1sc2nc(SCC(=O)N[C@@H]3CCCC[C@@H]3C)n(C(C)C)c(=O)c2c1C. The first-order chi connectivity index (χ1) is 12.8. The summed E-state index contributed by atoms with van der Waals surface area (Å²) >= 11 is 2.92. The summed E-state index contributed by atoms with van der Waals surface area (Å²) in [5.41, 5.74) is 1.02. The number of thioether (sulfide) groups is 1. The molecule has 1 aliphatic carbocycles. The third-order valence-corrected chi connectivity index (χ3v) is 7.56. The van der Waals surface area contributed by atoms with Crippen LogP contribution in [0.4, 0.5) is 0 Å². The number of hydrogen-bond acceptors (Lipinski definition) is 5. The van der Waals surface area contributed by atoms with Crippen molar-refractivity contribution < 1.29 is 4.79 Å². The summed E-state index contributed by atoms with van der Waals surface area (Å²) in [5, 5.41) is 4.53. The summed E-state index contributed by atoms with van der Waals surface area (Å²) in [7, 11) is 0. The fraction of sp³-hybridized carbons (Fsp3) is 0.650. The normalized spacial score (nSPS) is 20.4. The molecule has 1 fully saturated rings. The number of fused-ring (bicyclic) bond motifs is 1. The fourth-order valence-corrected chi connectivity index (χ4v) is 5.76. The van der Waals surface area contributed by atoms with E-state index in [1.165, 1.54) is 31.0 Å². The van der Waals surface area contributed by atoms with Gasteiger partial charge in [0.1, 0.15) is 4.83 Å². The van der Waals surface area contributed by atoms with E-state index in [1.807, 2.05) is 27.7 Å². The number of thiophene rings is 1. The molecule has 5 nitrogen and oxygen atoms in total. The molecular formula is C20H29N3O2S2. The van der Waals surface area contributed by atoms with Crippen molar-refractivity contribution in [1.82, 2.24) is 14.9 Å². The third kappa shape index (κ3) is 4.24. The van der Waals surface area contributed by atoms with Crippen LogP contribution in [-0.4, -0.2) is 27.3 Å². The van der Waals surface area contributed by atoms with Gasteiger partial charge in [-0.25, -0.2) is 4.98 Å². The van der Waals surface area contributed by atoms with Gasteiger partial charge in [0.25, 0.3) is 5.56 Å². The molecule has 0 unspecified atom stereocenters. The van der Waals surface area contributed by atoms with Crippen molar-refractivity contribution in [2.24, 2.45) is 5.92 Å². The predicted octanol–water partition coefficient (Wildman–Crippen LogP) is 4.44. The highest BCUT2D eigenvalue weighted by molar-refractivity contribution is 7.99. The Morgan fingerprint density at radius 1 is 1.33 bits per heavy atom. The number of nitrogens with zero attached hydrogens (tertiary/aromatic N) is 2. The van der Waals surface area contributed by atoms with Gasteiger partial charge in [-0.05, 0) is 52.0 Å². The number of rotatable bonds is 5. The molecule has 7 heteroatoms. The van der Waals surface area contributed by atoms with Crippen LogP contribution < -0.4 is 10.9 Å². The van der Waals surface area contributed by atoms with Crippen LogP contribution in [0.1, 0.15) is 62.9 Å². The molecule has 0 bridgehead atoms. The second kappa shape index (κ2) is 8.35. The van der Waals surface area contributed by atoms with E-state index < -0.39 is 0 Å². The lowest BCUT2D eigenvalue weighted by molar-refractivity contribution is -0.119. The Bertz CT molecular complexity index is 901. The van der Waals surface area contributed by atoms with E-state index in [-0.39, 0.29) is 29.3 Å². The molecule has 2 aromatic rings. The van der Waals surface area contributed by atoms with Crippen molar-refractivity contribution in [3.8, 4) is 0 Å². The lowest BCUT2D eigenvalue weighted by atomic mass is 9.86. The van der Waals surface area contributed by atoms with E-state index in [0.717, 1.165) is 27.1 Å². The van der Waals surface area contributed by atoms with Crippen LogP contribution in [0.2, 0.25) is 0 Å². The van der Waals surface area contributed by atoms with Gasteiger partial charge in [0.15, 0.2) is 5.16 Å². The van der Waals surface area contributed by atoms with Crippen molar-refractivity contribution >= 4 is 39.2 Å². The molecule has 0 saturated heterocycles. The minimum atomic E-state index is -0.00191. The van der Waals surface area contributed by atoms with Gasteiger partial charge in [-0.15, -0.1) is 11.3 Å². The highest BCUT2D eigenvalue weighted by Gasteiger charge is 2.24. The van der Waals surface area contributed by atoms with Gasteiger partial charge in [-0.2, -0.15) is 0 Å². The standard InChI is InChI=1S/C20H29N3O2S2/c1-11(2)23-19(25)17-13(4)14(5)27-18(17)22-20(23)26-10-16(24)21-15-9-7-6-8-12(15)3/h11-12,15H,6-10H2,1-5H3,(H,21,24)/t12-,15+/m0/s1. The van der Waals surface area contributed by atoms with Gasteiger partial charge in [-0.3, -0.25) is 14.2 Å². The molecular weight excluding hydrogens is 378 g/mol. The van der Waals surface area contributed by atoms with Crippen LogP contribution in [0.5, 0.6) is 0 Å². The van der Waals surface area contributed by atoms with Gasteiger partial charge in [-0.1, -0.05) is 31.5 Å². The quantitative estimate of drug-likeness (QED) is 0.588. The number of amides is 1. The second-order valence-corrected chi connectivity index (χ2v) is 10.00. The van der Waals surface area contributed by atoms with E-state index in [1.54, 1.807) is 15.9 Å². The highest BCUT2D eigenvalue weighted by Crippen LogP contribution is 2.29. The second-order valence-electron chi connectivity index (χ2n) is 7.85. The third-order valence-electron chi connectivity index (χ3n) is 5.51. The van der Waals surface area contributed by atoms with Crippen molar-refractivity contribution in [2.45, 2.75) is 77.5 Å². The Balaban J connectivity index is 1.80. The summed E-state index contributed by atoms with van der Waals surface area (Å²) in [6.07, 6.45) is 4.68. The predicted molar refractivity (Wildman–Crippen MR) is 114 cm³/mol. The van der Waals surface area contributed by atoms with Crippen molar-refractivity contribution in [2.75, 3.05) is 5.75 Å². The molecule has 0 radical (unpaired) electrons. The van der Waals surface area contributed by atoms with Crippen molar-refractivity contribution in [1.29, 1.82) is 0 Å². The zero-order chi connectivity index (χ0) is 19.7. The molecule has 0 aromatic carbocycles. The summed E-state index contributed by atoms with van der Waals surface area (Å²) in [6, 6.07) is 0.273. The van der Waals surface area contributed by atoms with Crippen LogP contribution in [0.25, 0.3) is 10.2 Å². The maximum atomic E-state index is 13.0. The fourth-order valence-electron chi connectivity index (χ4n) is 3.75. The first-order valence-corrected chi connectivity index (χ1v) is 11.5. The molecule has 2 heterocycles. The topological polar surface area (TPSA) is 64.0 Å². The smallest absolute Gasteiger partial charge is 0.263 e. The van der Waals surface area contributed by atoms with Gasteiger partial charge >= 0.3 is 0 Å². The van der Waals surface area contributed by atoms with Gasteiger partial charge in [0.2, 0.25) is 5.91 Å². The average molecular weight is 408 g/mol. The minimum Gasteiger partial charge on any atom is -0.352 e. The zero-order valence-corrected chi connectivity index (χ0v) is 18.4. The summed E-state index contributed by atoms with van der Waals surface area (Å²) in [6.45, 7) is 10.2. The number of carbonyl (C=O) groups is 1. The minimum absolute atomic E-state index is 0.000612. The Kier molecular flexibility index (Phi) is 6.31. The Hall–Kier alpha value is -1.34. The molecule has 27 heavy (non-hydrogen) atoms. The number of nitrogens with one attached hydrogen (secondary N) is 1. The molecule has 148 valence electrons. The van der Waals surface area contributed by atoms with Crippen LogP contribution in [0.15, 0.2) is 9.95 Å². The molecule has 1 aliphatic rings. The van der Waals surface area contributed by atoms with Gasteiger partial charge in [0, 0.05) is 17.0 Å². The van der Waals surface area contributed by atoms with E-state index in [0.29, 0.717) is 11.1 Å². The molecule has 0 aliphatic heterocycles. The number of aromatic nitrogens is 2. The number of carbonyl (C=O) groups excluding carboxylic acids is 1. The van der Waals surface area contributed by atoms with Gasteiger partial charge in [0.05, 0.1) is 11.1 Å². The van der Waals surface area contributed by atoms with Crippen molar-refractivity contribution in [3.63, 3.8) is 0 Å². The summed E-state index contributed by atoms with van der Waals surface area (Å²) in [5.74, 6) is 0.854. The molecule has 1 N–H and O–H groups in total. The molecule has 3 rings (SSSR count). The lowest BCUT2D eigenvalue weighted by Gasteiger charge is -2.29. The molecule has 1 amide bonds. The number of aryl methyl sites for hydroxylation is 2. The van der Waals surface area contributed by atoms with Crippen LogP contribution in [-0.2, 0) is 4.79 Å². The Morgan fingerprint density at radius 2 is 2.04 bits per heavy atom.